The predicted molar refractivity (Wildman–Crippen MR) is 98.5 cm³/mol. The molecule has 0 unspecified atom stereocenters. The summed E-state index contributed by atoms with van der Waals surface area (Å²) in [5, 5.41) is 2.63. The number of rotatable bonds is 6. The van der Waals surface area contributed by atoms with Gasteiger partial charge in [-0.1, -0.05) is 0 Å². The third-order valence-corrected chi connectivity index (χ3v) is 3.59. The van der Waals surface area contributed by atoms with Crippen LogP contribution in [0.25, 0.3) is 6.08 Å². The molecule has 0 spiro atoms. The minimum atomic E-state index is -0.498. The van der Waals surface area contributed by atoms with Gasteiger partial charge in [-0.2, -0.15) is 0 Å². The molecule has 0 atom stereocenters. The third-order valence-electron chi connectivity index (χ3n) is 3.59. The van der Waals surface area contributed by atoms with Crippen molar-refractivity contribution < 1.29 is 19.1 Å². The molecule has 1 heterocycles. The number of anilines is 1. The SMILES string of the molecule is COC(=O)COc1ccc(NC(=O)C=Cc2cn(C)c(=O)n(C)c2=O)cc1. The molecule has 0 saturated heterocycles. The van der Waals surface area contributed by atoms with E-state index in [-0.39, 0.29) is 12.2 Å². The van der Waals surface area contributed by atoms with Crippen LogP contribution in [-0.4, -0.2) is 34.7 Å². The Kier molecular flexibility index (Phi) is 6.32. The second-order valence-electron chi connectivity index (χ2n) is 5.55. The van der Waals surface area contributed by atoms with E-state index in [0.29, 0.717) is 11.4 Å². The van der Waals surface area contributed by atoms with Crippen molar-refractivity contribution in [3.05, 3.63) is 62.9 Å². The van der Waals surface area contributed by atoms with Crippen LogP contribution in [0.2, 0.25) is 0 Å². The lowest BCUT2D eigenvalue weighted by Crippen LogP contribution is -2.37. The molecule has 142 valence electrons. The first-order valence-corrected chi connectivity index (χ1v) is 7.87. The fourth-order valence-corrected chi connectivity index (χ4v) is 2.14. The van der Waals surface area contributed by atoms with Gasteiger partial charge in [0.25, 0.3) is 5.56 Å². The Balaban J connectivity index is 2.02. The smallest absolute Gasteiger partial charge is 0.343 e. The average molecular weight is 373 g/mol. The molecule has 1 N–H and O–H groups in total. The Labute approximate surface area is 154 Å². The number of esters is 1. The molecule has 0 aliphatic rings. The molecule has 9 heteroatoms. The van der Waals surface area contributed by atoms with E-state index in [0.717, 1.165) is 4.57 Å². The van der Waals surface area contributed by atoms with Crippen LogP contribution in [0, 0.1) is 0 Å². The Bertz CT molecular complexity index is 986. The van der Waals surface area contributed by atoms with Crippen LogP contribution in [0.3, 0.4) is 0 Å². The van der Waals surface area contributed by atoms with Gasteiger partial charge in [-0.05, 0) is 30.3 Å². The summed E-state index contributed by atoms with van der Waals surface area (Å²) in [5.74, 6) is -0.501. The number of aromatic nitrogens is 2. The fraction of sp³-hybridized carbons (Fsp3) is 0.222. The van der Waals surface area contributed by atoms with Gasteiger partial charge in [0, 0.05) is 32.1 Å². The molecule has 9 nitrogen and oxygen atoms in total. The van der Waals surface area contributed by atoms with Crippen LogP contribution < -0.4 is 21.3 Å². The normalized spacial score (nSPS) is 10.6. The zero-order valence-electron chi connectivity index (χ0n) is 15.1. The minimum Gasteiger partial charge on any atom is -0.482 e. The van der Waals surface area contributed by atoms with Crippen LogP contribution in [0.4, 0.5) is 5.69 Å². The molecule has 2 rings (SSSR count). The summed E-state index contributed by atoms with van der Waals surface area (Å²) < 4.78 is 11.9. The Morgan fingerprint density at radius 1 is 1.15 bits per heavy atom. The standard InChI is InChI=1S/C18H19N3O6/c1-20-10-12(17(24)21(2)18(20)25)4-9-15(22)19-13-5-7-14(8-6-13)27-11-16(23)26-3/h4-10H,11H2,1-3H3,(H,19,22). The van der Waals surface area contributed by atoms with Gasteiger partial charge >= 0.3 is 11.7 Å². The van der Waals surface area contributed by atoms with E-state index in [1.165, 1.54) is 44.1 Å². The largest absolute Gasteiger partial charge is 0.482 e. The topological polar surface area (TPSA) is 109 Å². The molecular weight excluding hydrogens is 354 g/mol. The molecule has 1 aromatic heterocycles. The number of carbonyl (C=O) groups is 2. The highest BCUT2D eigenvalue weighted by molar-refractivity contribution is 6.01. The van der Waals surface area contributed by atoms with Crippen molar-refractivity contribution in [1.29, 1.82) is 0 Å². The van der Waals surface area contributed by atoms with Crippen LogP contribution in [0.1, 0.15) is 5.56 Å². The van der Waals surface area contributed by atoms with E-state index in [1.807, 2.05) is 0 Å². The van der Waals surface area contributed by atoms with Gasteiger partial charge in [0.2, 0.25) is 5.91 Å². The van der Waals surface area contributed by atoms with Gasteiger partial charge in [0.1, 0.15) is 5.75 Å². The van der Waals surface area contributed by atoms with Gasteiger partial charge in [-0.15, -0.1) is 0 Å². The van der Waals surface area contributed by atoms with E-state index in [2.05, 4.69) is 10.1 Å². The maximum Gasteiger partial charge on any atom is 0.343 e. The monoisotopic (exact) mass is 373 g/mol. The van der Waals surface area contributed by atoms with Crippen molar-refractivity contribution in [3.8, 4) is 5.75 Å². The van der Waals surface area contributed by atoms with Crippen molar-refractivity contribution in [3.63, 3.8) is 0 Å². The molecule has 0 fully saturated rings. The number of carbonyl (C=O) groups excluding carboxylic acids is 2. The molecule has 0 aliphatic carbocycles. The average Bonchev–Trinajstić information content (AvgIpc) is 2.67. The Morgan fingerprint density at radius 2 is 1.81 bits per heavy atom. The lowest BCUT2D eigenvalue weighted by atomic mass is 10.2. The number of hydrogen-bond acceptors (Lipinski definition) is 6. The fourth-order valence-electron chi connectivity index (χ4n) is 2.14. The first kappa shape index (κ1) is 19.7. The maximum atomic E-state index is 12.0. The molecule has 0 bridgehead atoms. The van der Waals surface area contributed by atoms with E-state index >= 15 is 0 Å². The molecule has 27 heavy (non-hydrogen) atoms. The second-order valence-corrected chi connectivity index (χ2v) is 5.55. The van der Waals surface area contributed by atoms with Crippen LogP contribution in [0.15, 0.2) is 46.1 Å². The number of nitrogens with zero attached hydrogens (tertiary/aromatic N) is 2. The summed E-state index contributed by atoms with van der Waals surface area (Å²) in [5.41, 5.74) is -0.227. The highest BCUT2D eigenvalue weighted by Crippen LogP contribution is 2.15. The van der Waals surface area contributed by atoms with E-state index in [1.54, 1.807) is 24.3 Å². The zero-order chi connectivity index (χ0) is 20.0. The molecule has 0 saturated carbocycles. The number of hydrogen-bond donors (Lipinski definition) is 1. The number of amides is 1. The quantitative estimate of drug-likeness (QED) is 0.576. The number of ether oxygens (including phenoxy) is 2. The number of benzene rings is 1. The highest BCUT2D eigenvalue weighted by atomic mass is 16.6. The number of nitrogens with one attached hydrogen (secondary N) is 1. The summed E-state index contributed by atoms with van der Waals surface area (Å²) in [7, 11) is 4.15. The van der Waals surface area contributed by atoms with Crippen LogP contribution >= 0.6 is 0 Å². The second kappa shape index (κ2) is 8.65. The first-order valence-electron chi connectivity index (χ1n) is 7.87. The number of methoxy groups -OCH3 is 1. The van der Waals surface area contributed by atoms with Gasteiger partial charge in [-0.25, -0.2) is 9.59 Å². The predicted octanol–water partition coefficient (Wildman–Crippen LogP) is 0.288. The van der Waals surface area contributed by atoms with Gasteiger partial charge < -0.3 is 19.4 Å². The summed E-state index contributed by atoms with van der Waals surface area (Å²) >= 11 is 0. The Morgan fingerprint density at radius 3 is 2.44 bits per heavy atom. The van der Waals surface area contributed by atoms with Crippen molar-refractivity contribution in [2.75, 3.05) is 19.0 Å². The van der Waals surface area contributed by atoms with E-state index in [4.69, 9.17) is 4.74 Å². The van der Waals surface area contributed by atoms with Gasteiger partial charge in [0.15, 0.2) is 6.61 Å². The molecule has 2 aromatic rings. The van der Waals surface area contributed by atoms with Crippen molar-refractivity contribution in [2.45, 2.75) is 0 Å². The van der Waals surface area contributed by atoms with Crippen LogP contribution in [0.5, 0.6) is 5.75 Å². The molecule has 1 aromatic carbocycles. The summed E-state index contributed by atoms with van der Waals surface area (Å²) in [6.07, 6.45) is 3.90. The maximum absolute atomic E-state index is 12.0. The highest BCUT2D eigenvalue weighted by Gasteiger charge is 2.05. The van der Waals surface area contributed by atoms with Crippen LogP contribution in [-0.2, 0) is 28.4 Å². The first-order chi connectivity index (χ1) is 12.8. The van der Waals surface area contributed by atoms with Crippen molar-refractivity contribution in [1.82, 2.24) is 9.13 Å². The van der Waals surface area contributed by atoms with Crippen molar-refractivity contribution >= 4 is 23.6 Å². The third kappa shape index (κ3) is 5.18. The summed E-state index contributed by atoms with van der Waals surface area (Å²) in [6.45, 7) is -0.209. The molecule has 1 amide bonds. The van der Waals surface area contributed by atoms with Crippen molar-refractivity contribution in [2.24, 2.45) is 14.1 Å². The van der Waals surface area contributed by atoms with E-state index in [9.17, 15) is 19.2 Å². The molecular formula is C18H19N3O6. The van der Waals surface area contributed by atoms with Gasteiger partial charge in [0.05, 0.1) is 12.7 Å². The summed E-state index contributed by atoms with van der Waals surface area (Å²) in [4.78, 5) is 46.7. The lowest BCUT2D eigenvalue weighted by Gasteiger charge is -2.06. The Hall–Kier alpha value is -3.62. The number of aryl methyl sites for hydroxylation is 1. The minimum absolute atomic E-state index is 0.209. The van der Waals surface area contributed by atoms with Gasteiger partial charge in [-0.3, -0.25) is 14.2 Å². The van der Waals surface area contributed by atoms with E-state index < -0.39 is 23.1 Å². The molecule has 0 radical (unpaired) electrons. The lowest BCUT2D eigenvalue weighted by molar-refractivity contribution is -0.142. The summed E-state index contributed by atoms with van der Waals surface area (Å²) in [6, 6.07) is 6.38. The molecule has 0 aliphatic heterocycles. The zero-order valence-corrected chi connectivity index (χ0v) is 15.1.